The molecule has 0 spiro atoms. The lowest BCUT2D eigenvalue weighted by Gasteiger charge is -2.15. The molecular weight excluding hydrogens is 138 g/mol. The van der Waals surface area contributed by atoms with Crippen LogP contribution in [0.2, 0.25) is 0 Å². The molecule has 0 atom stereocenters. The van der Waals surface area contributed by atoms with Gasteiger partial charge in [0.1, 0.15) is 0 Å². The highest BCUT2D eigenvalue weighted by Crippen LogP contribution is 2.17. The zero-order valence-electron chi connectivity index (χ0n) is 7.13. The second-order valence-corrected chi connectivity index (χ2v) is 3.04. The summed E-state index contributed by atoms with van der Waals surface area (Å²) in [6.07, 6.45) is 6.02. The van der Waals surface area contributed by atoms with E-state index >= 15 is 0 Å². The lowest BCUT2D eigenvalue weighted by atomic mass is 10.1. The Labute approximate surface area is 67.7 Å². The Bertz CT molecular complexity index is 192. The lowest BCUT2D eigenvalue weighted by Crippen LogP contribution is -2.07. The first kappa shape index (κ1) is 8.18. The number of nitrogens with two attached hydrogens (primary N) is 1. The van der Waals surface area contributed by atoms with Crippen molar-refractivity contribution in [3.63, 3.8) is 0 Å². The molecular formula is C9H15NO. The van der Waals surface area contributed by atoms with E-state index in [1.165, 1.54) is 0 Å². The van der Waals surface area contributed by atoms with Gasteiger partial charge in [0.15, 0.2) is 0 Å². The van der Waals surface area contributed by atoms with Crippen LogP contribution >= 0.6 is 0 Å². The first-order chi connectivity index (χ1) is 5.18. The predicted molar refractivity (Wildman–Crippen MR) is 45.8 cm³/mol. The Kier molecular flexibility index (Phi) is 2.58. The van der Waals surface area contributed by atoms with Crippen LogP contribution in [0, 0.1) is 0 Å². The molecule has 2 N–H and O–H groups in total. The molecule has 0 aliphatic heterocycles. The van der Waals surface area contributed by atoms with Crippen molar-refractivity contribution in [2.75, 3.05) is 0 Å². The van der Waals surface area contributed by atoms with E-state index in [2.05, 4.69) is 0 Å². The molecule has 62 valence electrons. The fourth-order valence-electron chi connectivity index (χ4n) is 1.04. The van der Waals surface area contributed by atoms with Gasteiger partial charge in [-0.05, 0) is 32.4 Å². The van der Waals surface area contributed by atoms with Crippen LogP contribution in [0.1, 0.15) is 26.7 Å². The van der Waals surface area contributed by atoms with Gasteiger partial charge in [0, 0.05) is 12.1 Å². The molecule has 0 aromatic heterocycles. The van der Waals surface area contributed by atoms with Crippen LogP contribution in [-0.2, 0) is 4.74 Å². The Balaban J connectivity index is 2.48. The van der Waals surface area contributed by atoms with Crippen molar-refractivity contribution in [3.8, 4) is 0 Å². The van der Waals surface area contributed by atoms with Crippen LogP contribution in [0.3, 0.4) is 0 Å². The molecule has 0 heterocycles. The van der Waals surface area contributed by atoms with Gasteiger partial charge in [-0.15, -0.1) is 0 Å². The number of hydrogen-bond acceptors (Lipinski definition) is 2. The van der Waals surface area contributed by atoms with Gasteiger partial charge in [0.2, 0.25) is 0 Å². The van der Waals surface area contributed by atoms with E-state index in [1.807, 2.05) is 26.0 Å². The second kappa shape index (κ2) is 3.46. The van der Waals surface area contributed by atoms with E-state index in [0.29, 0.717) is 0 Å². The average molecular weight is 153 g/mol. The summed E-state index contributed by atoms with van der Waals surface area (Å²) in [6.45, 7) is 4.06. The van der Waals surface area contributed by atoms with E-state index in [0.717, 1.165) is 24.3 Å². The molecule has 11 heavy (non-hydrogen) atoms. The molecule has 0 unspecified atom stereocenters. The Morgan fingerprint density at radius 1 is 1.36 bits per heavy atom. The van der Waals surface area contributed by atoms with Crippen LogP contribution < -0.4 is 5.73 Å². The Hall–Kier alpha value is -0.920. The average Bonchev–Trinajstić information content (AvgIpc) is 1.93. The lowest BCUT2D eigenvalue weighted by molar-refractivity contribution is 0.139. The highest BCUT2D eigenvalue weighted by Gasteiger charge is 2.05. The zero-order chi connectivity index (χ0) is 8.27. The standard InChI is InChI=1S/C9H15NO/c1-7(2)11-9-5-3-8(10)4-6-9/h3,5,7H,4,6,10H2,1-2H3. The van der Waals surface area contributed by atoms with Gasteiger partial charge in [-0.1, -0.05) is 0 Å². The summed E-state index contributed by atoms with van der Waals surface area (Å²) in [5, 5.41) is 0. The molecule has 0 amide bonds. The van der Waals surface area contributed by atoms with Crippen molar-refractivity contribution >= 4 is 0 Å². The Morgan fingerprint density at radius 2 is 2.09 bits per heavy atom. The minimum Gasteiger partial charge on any atom is -0.495 e. The van der Waals surface area contributed by atoms with Gasteiger partial charge in [0.25, 0.3) is 0 Å². The maximum absolute atomic E-state index is 5.59. The summed E-state index contributed by atoms with van der Waals surface area (Å²) in [5.74, 6) is 1.05. The van der Waals surface area contributed by atoms with E-state index in [-0.39, 0.29) is 6.10 Å². The minimum absolute atomic E-state index is 0.272. The fraction of sp³-hybridized carbons (Fsp3) is 0.556. The van der Waals surface area contributed by atoms with E-state index in [1.54, 1.807) is 0 Å². The molecule has 0 saturated heterocycles. The number of ether oxygens (including phenoxy) is 1. The topological polar surface area (TPSA) is 35.2 Å². The van der Waals surface area contributed by atoms with Crippen molar-refractivity contribution in [1.29, 1.82) is 0 Å². The second-order valence-electron chi connectivity index (χ2n) is 3.04. The minimum atomic E-state index is 0.272. The molecule has 0 aromatic carbocycles. The first-order valence-corrected chi connectivity index (χ1v) is 4.00. The molecule has 0 aromatic rings. The monoisotopic (exact) mass is 153 g/mol. The van der Waals surface area contributed by atoms with Crippen molar-refractivity contribution in [1.82, 2.24) is 0 Å². The summed E-state index contributed by atoms with van der Waals surface area (Å²) in [6, 6.07) is 0. The van der Waals surface area contributed by atoms with Gasteiger partial charge in [-0.2, -0.15) is 0 Å². The Morgan fingerprint density at radius 3 is 2.55 bits per heavy atom. The van der Waals surface area contributed by atoms with Crippen molar-refractivity contribution in [2.24, 2.45) is 5.73 Å². The van der Waals surface area contributed by atoms with Gasteiger partial charge >= 0.3 is 0 Å². The largest absolute Gasteiger partial charge is 0.495 e. The summed E-state index contributed by atoms with van der Waals surface area (Å²) >= 11 is 0. The number of rotatable bonds is 2. The molecule has 1 rings (SSSR count). The highest BCUT2D eigenvalue weighted by atomic mass is 16.5. The highest BCUT2D eigenvalue weighted by molar-refractivity contribution is 5.18. The predicted octanol–water partition coefficient (Wildman–Crippen LogP) is 1.93. The van der Waals surface area contributed by atoms with Crippen molar-refractivity contribution in [3.05, 3.63) is 23.6 Å². The van der Waals surface area contributed by atoms with E-state index in [4.69, 9.17) is 10.5 Å². The van der Waals surface area contributed by atoms with Crippen LogP contribution in [0.5, 0.6) is 0 Å². The SMILES string of the molecule is CC(C)OC1=CC=C(N)CC1. The van der Waals surface area contributed by atoms with Gasteiger partial charge in [-0.3, -0.25) is 0 Å². The normalized spacial score (nSPS) is 17.7. The van der Waals surface area contributed by atoms with E-state index in [9.17, 15) is 0 Å². The van der Waals surface area contributed by atoms with Crippen molar-refractivity contribution < 1.29 is 4.74 Å². The van der Waals surface area contributed by atoms with Gasteiger partial charge in [-0.25, -0.2) is 0 Å². The molecule has 0 saturated carbocycles. The third-order valence-electron chi connectivity index (χ3n) is 1.53. The quantitative estimate of drug-likeness (QED) is 0.658. The maximum atomic E-state index is 5.59. The van der Waals surface area contributed by atoms with Crippen LogP contribution in [0.4, 0.5) is 0 Å². The van der Waals surface area contributed by atoms with Crippen LogP contribution in [-0.4, -0.2) is 6.10 Å². The number of allylic oxidation sites excluding steroid dienone is 4. The molecule has 0 fully saturated rings. The third kappa shape index (κ3) is 2.66. The van der Waals surface area contributed by atoms with Gasteiger partial charge in [0.05, 0.1) is 11.9 Å². The fourth-order valence-corrected chi connectivity index (χ4v) is 1.04. The summed E-state index contributed by atoms with van der Waals surface area (Å²) in [4.78, 5) is 0. The van der Waals surface area contributed by atoms with Gasteiger partial charge < -0.3 is 10.5 Å². The summed E-state index contributed by atoms with van der Waals surface area (Å²) < 4.78 is 5.50. The number of hydrogen-bond donors (Lipinski definition) is 1. The van der Waals surface area contributed by atoms with Crippen molar-refractivity contribution in [2.45, 2.75) is 32.8 Å². The molecule has 1 aliphatic carbocycles. The zero-order valence-corrected chi connectivity index (χ0v) is 7.13. The smallest absolute Gasteiger partial charge is 0.0968 e. The maximum Gasteiger partial charge on any atom is 0.0968 e. The van der Waals surface area contributed by atoms with Crippen LogP contribution in [0.25, 0.3) is 0 Å². The first-order valence-electron chi connectivity index (χ1n) is 4.00. The molecule has 0 bridgehead atoms. The molecule has 2 nitrogen and oxygen atoms in total. The summed E-state index contributed by atoms with van der Waals surface area (Å²) in [5.41, 5.74) is 6.53. The molecule has 0 radical (unpaired) electrons. The molecule has 1 aliphatic rings. The molecule has 2 heteroatoms. The third-order valence-corrected chi connectivity index (χ3v) is 1.53. The summed E-state index contributed by atoms with van der Waals surface area (Å²) in [7, 11) is 0. The van der Waals surface area contributed by atoms with Crippen LogP contribution in [0.15, 0.2) is 23.6 Å². The van der Waals surface area contributed by atoms with E-state index < -0.39 is 0 Å².